The number of carbonyl (C=O) groups is 2. The second-order valence-electron chi connectivity index (χ2n) is 4.76. The Kier molecular flexibility index (Phi) is 6.16. The molecular weight excluding hydrogens is 218 g/mol. The zero-order chi connectivity index (χ0) is 13.6. The van der Waals surface area contributed by atoms with Gasteiger partial charge in [-0.25, -0.2) is 0 Å². The fourth-order valence-corrected chi connectivity index (χ4v) is 1.54. The van der Waals surface area contributed by atoms with Crippen molar-refractivity contribution in [2.24, 2.45) is 0 Å². The number of rotatable bonds is 6. The predicted molar refractivity (Wildman–Crippen MR) is 68.7 cm³/mol. The predicted octanol–water partition coefficient (Wildman–Crippen LogP) is 0.311. The molecule has 0 heterocycles. The molecule has 100 valence electrons. The van der Waals surface area contributed by atoms with Crippen molar-refractivity contribution in [3.05, 3.63) is 0 Å². The smallest absolute Gasteiger partial charge is 0.242 e. The Morgan fingerprint density at radius 1 is 1.18 bits per heavy atom. The van der Waals surface area contributed by atoms with Gasteiger partial charge in [0.2, 0.25) is 11.8 Å². The highest BCUT2D eigenvalue weighted by Gasteiger charge is 2.31. The molecule has 0 bridgehead atoms. The van der Waals surface area contributed by atoms with Crippen LogP contribution in [0.1, 0.15) is 27.7 Å². The van der Waals surface area contributed by atoms with Crippen molar-refractivity contribution in [1.82, 2.24) is 15.1 Å². The summed E-state index contributed by atoms with van der Waals surface area (Å²) in [6.45, 7) is 8.89. The van der Waals surface area contributed by atoms with E-state index in [1.165, 1.54) is 4.90 Å². The number of nitrogens with zero attached hydrogens (tertiary/aromatic N) is 2. The molecule has 0 aromatic rings. The lowest BCUT2D eigenvalue weighted by Gasteiger charge is -2.32. The van der Waals surface area contributed by atoms with Crippen molar-refractivity contribution in [3.63, 3.8) is 0 Å². The van der Waals surface area contributed by atoms with Crippen molar-refractivity contribution < 1.29 is 9.59 Å². The van der Waals surface area contributed by atoms with Gasteiger partial charge in [-0.3, -0.25) is 9.59 Å². The Morgan fingerprint density at radius 3 is 2.06 bits per heavy atom. The third-order valence-electron chi connectivity index (χ3n) is 2.65. The molecule has 0 aromatic carbocycles. The molecule has 5 heteroatoms. The summed E-state index contributed by atoms with van der Waals surface area (Å²) in [5.74, 6) is -0.107. The van der Waals surface area contributed by atoms with E-state index < -0.39 is 5.54 Å². The van der Waals surface area contributed by atoms with Crippen LogP contribution in [-0.4, -0.2) is 60.9 Å². The van der Waals surface area contributed by atoms with Crippen molar-refractivity contribution >= 4 is 11.8 Å². The SMILES string of the molecule is CCNC(C)(C)C(=O)N(CC)CC(=O)N(C)C. The molecule has 2 amide bonds. The lowest BCUT2D eigenvalue weighted by atomic mass is 10.0. The highest BCUT2D eigenvalue weighted by atomic mass is 16.2. The van der Waals surface area contributed by atoms with Crippen LogP contribution in [0.25, 0.3) is 0 Å². The first-order valence-electron chi connectivity index (χ1n) is 6.00. The second-order valence-corrected chi connectivity index (χ2v) is 4.76. The zero-order valence-electron chi connectivity index (χ0n) is 11.8. The summed E-state index contributed by atoms with van der Waals surface area (Å²) >= 11 is 0. The Balaban J connectivity index is 4.66. The molecule has 17 heavy (non-hydrogen) atoms. The number of likely N-dealkylation sites (N-methyl/N-ethyl adjacent to an activating group) is 3. The van der Waals surface area contributed by atoms with Crippen LogP contribution in [0.5, 0.6) is 0 Å². The Morgan fingerprint density at radius 2 is 1.71 bits per heavy atom. The molecular formula is C12H25N3O2. The van der Waals surface area contributed by atoms with Gasteiger partial charge in [0.1, 0.15) is 0 Å². The van der Waals surface area contributed by atoms with Gasteiger partial charge in [0.15, 0.2) is 0 Å². The first-order valence-corrected chi connectivity index (χ1v) is 6.00. The molecule has 0 spiro atoms. The van der Waals surface area contributed by atoms with E-state index in [0.717, 1.165) is 6.54 Å². The number of amides is 2. The molecule has 0 aromatic heterocycles. The van der Waals surface area contributed by atoms with Gasteiger partial charge in [-0.05, 0) is 27.3 Å². The van der Waals surface area contributed by atoms with Crippen LogP contribution in [0.2, 0.25) is 0 Å². The van der Waals surface area contributed by atoms with Crippen LogP contribution in [0.15, 0.2) is 0 Å². The standard InChI is InChI=1S/C12H25N3O2/c1-7-13-12(3,4)11(17)15(8-2)9-10(16)14(5)6/h13H,7-9H2,1-6H3. The summed E-state index contributed by atoms with van der Waals surface area (Å²) in [6.07, 6.45) is 0. The zero-order valence-corrected chi connectivity index (χ0v) is 11.8. The van der Waals surface area contributed by atoms with Crippen LogP contribution in [0.3, 0.4) is 0 Å². The number of hydrogen-bond donors (Lipinski definition) is 1. The average Bonchev–Trinajstić information content (AvgIpc) is 2.24. The molecule has 0 aliphatic heterocycles. The molecule has 0 fully saturated rings. The second kappa shape index (κ2) is 6.59. The fraction of sp³-hybridized carbons (Fsp3) is 0.833. The van der Waals surface area contributed by atoms with E-state index >= 15 is 0 Å². The van der Waals surface area contributed by atoms with E-state index in [1.54, 1.807) is 19.0 Å². The Hall–Kier alpha value is -1.10. The quantitative estimate of drug-likeness (QED) is 0.730. The minimum Gasteiger partial charge on any atom is -0.347 e. The molecule has 0 atom stereocenters. The molecule has 0 aliphatic rings. The van der Waals surface area contributed by atoms with Crippen molar-refractivity contribution in [2.75, 3.05) is 33.7 Å². The highest BCUT2D eigenvalue weighted by Crippen LogP contribution is 2.08. The summed E-state index contributed by atoms with van der Waals surface area (Å²) < 4.78 is 0. The third-order valence-corrected chi connectivity index (χ3v) is 2.65. The first kappa shape index (κ1) is 15.9. The maximum Gasteiger partial charge on any atom is 0.242 e. The van der Waals surface area contributed by atoms with Gasteiger partial charge in [0, 0.05) is 20.6 Å². The minimum absolute atomic E-state index is 0.0444. The fourth-order valence-electron chi connectivity index (χ4n) is 1.54. The monoisotopic (exact) mass is 243 g/mol. The van der Waals surface area contributed by atoms with Crippen LogP contribution in [0.4, 0.5) is 0 Å². The van der Waals surface area contributed by atoms with Crippen LogP contribution < -0.4 is 5.32 Å². The summed E-state index contributed by atoms with van der Waals surface area (Å²) in [5.41, 5.74) is -0.628. The number of carbonyl (C=O) groups excluding carboxylic acids is 2. The Labute approximate surface area is 104 Å². The van der Waals surface area contributed by atoms with Gasteiger partial charge in [0.05, 0.1) is 12.1 Å². The van der Waals surface area contributed by atoms with E-state index in [0.29, 0.717) is 6.54 Å². The van der Waals surface area contributed by atoms with E-state index in [4.69, 9.17) is 0 Å². The molecule has 5 nitrogen and oxygen atoms in total. The van der Waals surface area contributed by atoms with E-state index in [1.807, 2.05) is 27.7 Å². The summed E-state index contributed by atoms with van der Waals surface area (Å²) in [5, 5.41) is 3.12. The van der Waals surface area contributed by atoms with Crippen molar-refractivity contribution in [2.45, 2.75) is 33.2 Å². The normalized spacial score (nSPS) is 11.2. The average molecular weight is 243 g/mol. The molecule has 0 aliphatic carbocycles. The molecule has 0 rings (SSSR count). The lowest BCUT2D eigenvalue weighted by Crippen LogP contribution is -2.55. The summed E-state index contributed by atoms with van der Waals surface area (Å²) in [4.78, 5) is 26.9. The highest BCUT2D eigenvalue weighted by molar-refractivity contribution is 5.89. The third kappa shape index (κ3) is 4.73. The lowest BCUT2D eigenvalue weighted by molar-refractivity contribution is -0.142. The van der Waals surface area contributed by atoms with E-state index in [9.17, 15) is 9.59 Å². The van der Waals surface area contributed by atoms with Gasteiger partial charge in [-0.2, -0.15) is 0 Å². The molecule has 0 saturated heterocycles. The largest absolute Gasteiger partial charge is 0.347 e. The van der Waals surface area contributed by atoms with Crippen LogP contribution in [0, 0.1) is 0 Å². The molecule has 0 radical (unpaired) electrons. The van der Waals surface area contributed by atoms with Gasteiger partial charge in [0.25, 0.3) is 0 Å². The minimum atomic E-state index is -0.628. The molecule has 0 unspecified atom stereocenters. The van der Waals surface area contributed by atoms with Crippen LogP contribution >= 0.6 is 0 Å². The summed E-state index contributed by atoms with van der Waals surface area (Å²) in [7, 11) is 3.38. The van der Waals surface area contributed by atoms with Crippen molar-refractivity contribution in [1.29, 1.82) is 0 Å². The molecule has 1 N–H and O–H groups in total. The van der Waals surface area contributed by atoms with E-state index in [2.05, 4.69) is 5.32 Å². The number of nitrogens with one attached hydrogen (secondary N) is 1. The molecule has 0 saturated carbocycles. The van der Waals surface area contributed by atoms with E-state index in [-0.39, 0.29) is 18.4 Å². The Bertz CT molecular complexity index is 275. The first-order chi connectivity index (χ1) is 7.76. The van der Waals surface area contributed by atoms with Crippen LogP contribution in [-0.2, 0) is 9.59 Å². The maximum atomic E-state index is 12.2. The number of hydrogen-bond acceptors (Lipinski definition) is 3. The van der Waals surface area contributed by atoms with Gasteiger partial charge >= 0.3 is 0 Å². The topological polar surface area (TPSA) is 52.7 Å². The van der Waals surface area contributed by atoms with Gasteiger partial charge in [-0.15, -0.1) is 0 Å². The van der Waals surface area contributed by atoms with Crippen molar-refractivity contribution in [3.8, 4) is 0 Å². The maximum absolute atomic E-state index is 12.2. The summed E-state index contributed by atoms with van der Waals surface area (Å²) in [6, 6.07) is 0. The van der Waals surface area contributed by atoms with Gasteiger partial charge < -0.3 is 15.1 Å². The van der Waals surface area contributed by atoms with Gasteiger partial charge in [-0.1, -0.05) is 6.92 Å².